The maximum Gasteiger partial charge on any atom is 0.254 e. The van der Waals surface area contributed by atoms with Crippen LogP contribution in [0.25, 0.3) is 0 Å². The number of nitrogens with zero attached hydrogens (tertiary/aromatic N) is 4. The van der Waals surface area contributed by atoms with Crippen LogP contribution in [-0.4, -0.2) is 44.8 Å². The molecule has 2 aromatic heterocycles. The van der Waals surface area contributed by atoms with Gasteiger partial charge in [-0.2, -0.15) is 0 Å². The number of nitrogens with one attached hydrogen (secondary N) is 1. The van der Waals surface area contributed by atoms with Gasteiger partial charge in [0, 0.05) is 43.6 Å². The molecule has 0 radical (unpaired) electrons. The van der Waals surface area contributed by atoms with Gasteiger partial charge in [0.05, 0.1) is 17.7 Å². The van der Waals surface area contributed by atoms with Crippen LogP contribution >= 0.6 is 0 Å². The van der Waals surface area contributed by atoms with Crippen LogP contribution in [0.2, 0.25) is 0 Å². The van der Waals surface area contributed by atoms with Crippen LogP contribution in [0.15, 0.2) is 54.9 Å². The lowest BCUT2D eigenvalue weighted by Crippen LogP contribution is -2.39. The molecule has 4 rings (SSSR count). The molecule has 1 aliphatic rings. The molecule has 1 aromatic carbocycles. The van der Waals surface area contributed by atoms with E-state index in [0.717, 1.165) is 24.1 Å². The Hall–Kier alpha value is -3.68. The van der Waals surface area contributed by atoms with Crippen molar-refractivity contribution < 1.29 is 14.0 Å². The second kappa shape index (κ2) is 10.3. The molecule has 0 aliphatic carbocycles. The molecule has 170 valence electrons. The lowest BCUT2D eigenvalue weighted by atomic mass is 9.95. The third-order valence-electron chi connectivity index (χ3n) is 5.88. The third-order valence-corrected chi connectivity index (χ3v) is 5.88. The van der Waals surface area contributed by atoms with E-state index in [1.165, 1.54) is 12.1 Å². The fraction of sp³-hybridized carbons (Fsp3) is 0.320. The zero-order valence-electron chi connectivity index (χ0n) is 18.5. The van der Waals surface area contributed by atoms with E-state index in [9.17, 15) is 14.0 Å². The van der Waals surface area contributed by atoms with E-state index in [4.69, 9.17) is 0 Å². The Labute approximate surface area is 192 Å². The van der Waals surface area contributed by atoms with E-state index in [1.54, 1.807) is 31.5 Å². The fourth-order valence-corrected chi connectivity index (χ4v) is 3.94. The number of benzene rings is 1. The van der Waals surface area contributed by atoms with Gasteiger partial charge in [-0.3, -0.25) is 14.6 Å². The highest BCUT2D eigenvalue weighted by Gasteiger charge is 2.26. The van der Waals surface area contributed by atoms with Crippen molar-refractivity contribution in [2.24, 2.45) is 0 Å². The van der Waals surface area contributed by atoms with Crippen LogP contribution in [0.3, 0.4) is 0 Å². The Balaban J connectivity index is 1.31. The van der Waals surface area contributed by atoms with Gasteiger partial charge in [-0.25, -0.2) is 14.4 Å². The molecule has 2 amide bonds. The number of amides is 2. The minimum absolute atomic E-state index is 0.0809. The van der Waals surface area contributed by atoms with Crippen molar-refractivity contribution in [3.05, 3.63) is 89.0 Å². The Morgan fingerprint density at radius 1 is 1.09 bits per heavy atom. The van der Waals surface area contributed by atoms with Gasteiger partial charge in [0.1, 0.15) is 11.6 Å². The molecule has 3 heterocycles. The molecular formula is C25H26FN5O2. The summed E-state index contributed by atoms with van der Waals surface area (Å²) in [6, 6.07) is 11.6. The number of hydrogen-bond acceptors (Lipinski definition) is 5. The molecule has 7 nitrogen and oxygen atoms in total. The van der Waals surface area contributed by atoms with Gasteiger partial charge in [-0.1, -0.05) is 18.2 Å². The topological polar surface area (TPSA) is 88.1 Å². The number of carbonyl (C=O) groups is 2. The number of carbonyl (C=O) groups excluding carboxylic acids is 2. The highest BCUT2D eigenvalue weighted by molar-refractivity contribution is 5.94. The number of aromatic nitrogens is 3. The van der Waals surface area contributed by atoms with Crippen molar-refractivity contribution >= 4 is 11.8 Å². The van der Waals surface area contributed by atoms with E-state index in [-0.39, 0.29) is 23.5 Å². The van der Waals surface area contributed by atoms with E-state index in [0.29, 0.717) is 43.1 Å². The first-order chi connectivity index (χ1) is 16.0. The molecule has 0 spiro atoms. The van der Waals surface area contributed by atoms with Crippen molar-refractivity contribution in [1.29, 1.82) is 0 Å². The van der Waals surface area contributed by atoms with Crippen LogP contribution in [-0.2, 0) is 17.8 Å². The van der Waals surface area contributed by atoms with Crippen LogP contribution in [0.1, 0.15) is 51.9 Å². The van der Waals surface area contributed by atoms with Crippen LogP contribution < -0.4 is 5.32 Å². The first-order valence-electron chi connectivity index (χ1n) is 11.0. The second-order valence-electron chi connectivity index (χ2n) is 8.19. The van der Waals surface area contributed by atoms with E-state index < -0.39 is 0 Å². The van der Waals surface area contributed by atoms with Crippen LogP contribution in [0, 0.1) is 12.7 Å². The first-order valence-corrected chi connectivity index (χ1v) is 11.0. The van der Waals surface area contributed by atoms with Crippen LogP contribution in [0.4, 0.5) is 4.39 Å². The fourth-order valence-electron chi connectivity index (χ4n) is 3.94. The van der Waals surface area contributed by atoms with Crippen molar-refractivity contribution in [3.8, 4) is 0 Å². The second-order valence-corrected chi connectivity index (χ2v) is 8.19. The van der Waals surface area contributed by atoms with Gasteiger partial charge >= 0.3 is 0 Å². The van der Waals surface area contributed by atoms with Gasteiger partial charge in [-0.15, -0.1) is 0 Å². The van der Waals surface area contributed by atoms with Crippen molar-refractivity contribution in [2.75, 3.05) is 13.1 Å². The highest BCUT2D eigenvalue weighted by Crippen LogP contribution is 2.26. The molecule has 33 heavy (non-hydrogen) atoms. The summed E-state index contributed by atoms with van der Waals surface area (Å²) in [5, 5.41) is 2.82. The largest absolute Gasteiger partial charge is 0.348 e. The summed E-state index contributed by atoms with van der Waals surface area (Å²) in [4.78, 5) is 40.2. The van der Waals surface area contributed by atoms with E-state index in [1.807, 2.05) is 23.1 Å². The predicted molar refractivity (Wildman–Crippen MR) is 121 cm³/mol. The van der Waals surface area contributed by atoms with Crippen LogP contribution in [0.5, 0.6) is 0 Å². The smallest absolute Gasteiger partial charge is 0.254 e. The number of likely N-dealkylation sites (tertiary alicyclic amines) is 1. The molecule has 3 aromatic rings. The van der Waals surface area contributed by atoms with Crippen molar-refractivity contribution in [3.63, 3.8) is 0 Å². The van der Waals surface area contributed by atoms with Crippen molar-refractivity contribution in [2.45, 2.75) is 38.6 Å². The monoisotopic (exact) mass is 447 g/mol. The first kappa shape index (κ1) is 22.5. The number of rotatable bonds is 6. The van der Waals surface area contributed by atoms with Gasteiger partial charge in [0.2, 0.25) is 5.91 Å². The molecule has 1 fully saturated rings. The number of piperidine rings is 1. The number of halogens is 1. The lowest BCUT2D eigenvalue weighted by molar-refractivity contribution is -0.131. The Bertz CT molecular complexity index is 1110. The molecule has 0 bridgehead atoms. The molecule has 1 saturated heterocycles. The average molecular weight is 448 g/mol. The van der Waals surface area contributed by atoms with E-state index in [2.05, 4.69) is 20.3 Å². The zero-order valence-corrected chi connectivity index (χ0v) is 18.5. The maximum absolute atomic E-state index is 13.0. The highest BCUT2D eigenvalue weighted by atomic mass is 19.1. The standard InChI is InChI=1S/C25H26FN5O2/c1-17-22(25(33)29-15-18-5-7-20(26)8-6-18)16-28-24(30-17)19-9-12-31(13-10-19)23(32)14-21-4-2-3-11-27-21/h2-8,11,16,19H,9-10,12-15H2,1H3,(H,29,33). The summed E-state index contributed by atoms with van der Waals surface area (Å²) in [5.74, 6) is 0.363. The number of aryl methyl sites for hydroxylation is 1. The maximum atomic E-state index is 13.0. The number of hydrogen-bond donors (Lipinski definition) is 1. The quantitative estimate of drug-likeness (QED) is 0.627. The summed E-state index contributed by atoms with van der Waals surface area (Å²) in [6.07, 6.45) is 5.13. The van der Waals surface area contributed by atoms with Crippen molar-refractivity contribution in [1.82, 2.24) is 25.2 Å². The Kier molecular flexibility index (Phi) is 7.02. The average Bonchev–Trinajstić information content (AvgIpc) is 2.84. The summed E-state index contributed by atoms with van der Waals surface area (Å²) in [7, 11) is 0. The molecule has 8 heteroatoms. The lowest BCUT2D eigenvalue weighted by Gasteiger charge is -2.31. The molecule has 0 atom stereocenters. The molecule has 1 aliphatic heterocycles. The summed E-state index contributed by atoms with van der Waals surface area (Å²) in [6.45, 7) is 3.39. The van der Waals surface area contributed by atoms with Gasteiger partial charge in [0.15, 0.2) is 0 Å². The number of pyridine rings is 1. The Morgan fingerprint density at radius 2 is 1.85 bits per heavy atom. The third kappa shape index (κ3) is 5.77. The predicted octanol–water partition coefficient (Wildman–Crippen LogP) is 3.20. The van der Waals surface area contributed by atoms with Gasteiger partial charge in [-0.05, 0) is 49.6 Å². The zero-order chi connectivity index (χ0) is 23.2. The SMILES string of the molecule is Cc1nc(C2CCN(C(=O)Cc3ccccn3)CC2)ncc1C(=O)NCc1ccc(F)cc1. The van der Waals surface area contributed by atoms with Gasteiger partial charge in [0.25, 0.3) is 5.91 Å². The molecule has 0 saturated carbocycles. The van der Waals surface area contributed by atoms with Gasteiger partial charge < -0.3 is 10.2 Å². The molecule has 0 unspecified atom stereocenters. The minimum atomic E-state index is -0.312. The summed E-state index contributed by atoms with van der Waals surface area (Å²) in [5.41, 5.74) is 2.62. The minimum Gasteiger partial charge on any atom is -0.348 e. The molecular weight excluding hydrogens is 421 g/mol. The normalized spacial score (nSPS) is 14.2. The van der Waals surface area contributed by atoms with E-state index >= 15 is 0 Å². The summed E-state index contributed by atoms with van der Waals surface area (Å²) < 4.78 is 13.0. The molecule has 1 N–H and O–H groups in total. The summed E-state index contributed by atoms with van der Waals surface area (Å²) >= 11 is 0. The Morgan fingerprint density at radius 3 is 2.52 bits per heavy atom.